The van der Waals surface area contributed by atoms with E-state index >= 15 is 0 Å². The molecule has 0 radical (unpaired) electrons. The third-order valence-corrected chi connectivity index (χ3v) is 2.86. The molecule has 0 saturated carbocycles. The molecular formula is C15H13NO3S. The quantitative estimate of drug-likeness (QED) is 0.657. The zero-order valence-electron chi connectivity index (χ0n) is 10.8. The Balaban J connectivity index is 2.33. The molecule has 0 aliphatic rings. The summed E-state index contributed by atoms with van der Waals surface area (Å²) in [4.78, 5) is 27.0. The van der Waals surface area contributed by atoms with Crippen LogP contribution in [0, 0.1) is 6.92 Å². The molecule has 0 atom stereocenters. The smallest absolute Gasteiger partial charge is 0.330 e. The largest absolute Gasteiger partial charge is 0.388 e. The van der Waals surface area contributed by atoms with E-state index in [0.29, 0.717) is 5.56 Å². The predicted octanol–water partition coefficient (Wildman–Crippen LogP) is 3.37. The standard InChI is InChI=1S/C15H13NO3S/c1-10-6-8-11(9-7-10)12-4-2-3-5-13(12)14(17)16-19-15(18)20/h2-9H,1H3,(H,16,17)(H,18,20). The van der Waals surface area contributed by atoms with E-state index in [1.807, 2.05) is 43.3 Å². The second-order valence-corrected chi connectivity index (χ2v) is 4.58. The second-order valence-electron chi connectivity index (χ2n) is 4.21. The Morgan fingerprint density at radius 3 is 2.35 bits per heavy atom. The lowest BCUT2D eigenvalue weighted by molar-refractivity contribution is 0.0650. The summed E-state index contributed by atoms with van der Waals surface area (Å²) in [5, 5.41) is -0.869. The van der Waals surface area contributed by atoms with E-state index in [9.17, 15) is 9.59 Å². The highest BCUT2D eigenvalue weighted by atomic mass is 32.1. The van der Waals surface area contributed by atoms with Crippen LogP contribution in [0.15, 0.2) is 48.5 Å². The first kappa shape index (κ1) is 14.1. The van der Waals surface area contributed by atoms with E-state index in [0.717, 1.165) is 16.7 Å². The average Bonchev–Trinajstić information content (AvgIpc) is 2.45. The van der Waals surface area contributed by atoms with Crippen LogP contribution in [0.5, 0.6) is 0 Å². The lowest BCUT2D eigenvalue weighted by atomic mass is 9.98. The monoisotopic (exact) mass is 287 g/mol. The highest BCUT2D eigenvalue weighted by molar-refractivity contribution is 7.96. The van der Waals surface area contributed by atoms with Gasteiger partial charge in [-0.2, -0.15) is 5.48 Å². The molecule has 1 amide bonds. The normalized spacial score (nSPS) is 9.90. The molecule has 4 nitrogen and oxygen atoms in total. The summed E-state index contributed by atoms with van der Waals surface area (Å²) in [5.41, 5.74) is 5.30. The van der Waals surface area contributed by atoms with Gasteiger partial charge in [0.05, 0.1) is 5.56 Å². The van der Waals surface area contributed by atoms with Gasteiger partial charge in [-0.15, -0.1) is 0 Å². The van der Waals surface area contributed by atoms with Crippen molar-refractivity contribution in [3.8, 4) is 11.1 Å². The molecule has 102 valence electrons. The van der Waals surface area contributed by atoms with Crippen LogP contribution in [0.2, 0.25) is 0 Å². The number of hydrogen-bond donors (Lipinski definition) is 2. The molecule has 0 aromatic heterocycles. The van der Waals surface area contributed by atoms with Crippen LogP contribution in [0.4, 0.5) is 4.79 Å². The number of thiol groups is 1. The third-order valence-electron chi connectivity index (χ3n) is 2.77. The van der Waals surface area contributed by atoms with Crippen molar-refractivity contribution in [1.82, 2.24) is 5.48 Å². The van der Waals surface area contributed by atoms with Crippen molar-refractivity contribution in [2.24, 2.45) is 0 Å². The minimum absolute atomic E-state index is 0.422. The van der Waals surface area contributed by atoms with E-state index in [2.05, 4.69) is 22.9 Å². The lowest BCUT2D eigenvalue weighted by Crippen LogP contribution is -2.25. The van der Waals surface area contributed by atoms with Gasteiger partial charge in [0.15, 0.2) is 0 Å². The predicted molar refractivity (Wildman–Crippen MR) is 79.5 cm³/mol. The first-order valence-corrected chi connectivity index (χ1v) is 6.39. The van der Waals surface area contributed by atoms with Gasteiger partial charge in [0.25, 0.3) is 5.91 Å². The van der Waals surface area contributed by atoms with Crippen LogP contribution in [-0.4, -0.2) is 11.2 Å². The van der Waals surface area contributed by atoms with Gasteiger partial charge in [-0.05, 0) is 24.1 Å². The highest BCUT2D eigenvalue weighted by Gasteiger charge is 2.13. The summed E-state index contributed by atoms with van der Waals surface area (Å²) in [5.74, 6) is -0.497. The molecule has 0 unspecified atom stereocenters. The number of rotatable bonds is 2. The van der Waals surface area contributed by atoms with Crippen LogP contribution in [0.1, 0.15) is 15.9 Å². The van der Waals surface area contributed by atoms with Crippen LogP contribution < -0.4 is 5.48 Å². The van der Waals surface area contributed by atoms with Gasteiger partial charge < -0.3 is 4.84 Å². The molecule has 2 aromatic carbocycles. The lowest BCUT2D eigenvalue weighted by Gasteiger charge is -2.09. The van der Waals surface area contributed by atoms with Crippen molar-refractivity contribution < 1.29 is 14.4 Å². The van der Waals surface area contributed by atoms with Crippen LogP contribution in [0.3, 0.4) is 0 Å². The van der Waals surface area contributed by atoms with Gasteiger partial charge in [-0.25, -0.2) is 4.79 Å². The Hall–Kier alpha value is -2.27. The maximum absolute atomic E-state index is 12.0. The topological polar surface area (TPSA) is 55.4 Å². The summed E-state index contributed by atoms with van der Waals surface area (Å²) in [6, 6.07) is 14.9. The summed E-state index contributed by atoms with van der Waals surface area (Å²) < 4.78 is 0. The average molecular weight is 287 g/mol. The van der Waals surface area contributed by atoms with E-state index in [1.165, 1.54) is 0 Å². The first-order valence-electron chi connectivity index (χ1n) is 5.94. The van der Waals surface area contributed by atoms with E-state index in [1.54, 1.807) is 12.1 Å². The summed E-state index contributed by atoms with van der Waals surface area (Å²) >= 11 is 3.42. The molecule has 2 rings (SSSR count). The molecule has 0 aliphatic carbocycles. The first-order chi connectivity index (χ1) is 9.58. The molecule has 2 aromatic rings. The Labute approximate surface area is 122 Å². The number of hydrogen-bond acceptors (Lipinski definition) is 3. The molecule has 0 saturated heterocycles. The molecule has 20 heavy (non-hydrogen) atoms. The number of carbonyl (C=O) groups is 2. The third kappa shape index (κ3) is 3.39. The summed E-state index contributed by atoms with van der Waals surface area (Å²) in [6.45, 7) is 1.99. The zero-order chi connectivity index (χ0) is 14.5. The van der Waals surface area contributed by atoms with E-state index in [4.69, 9.17) is 0 Å². The maximum atomic E-state index is 12.0. The van der Waals surface area contributed by atoms with Crippen LogP contribution >= 0.6 is 12.6 Å². The van der Waals surface area contributed by atoms with Crippen molar-refractivity contribution in [3.05, 3.63) is 59.7 Å². The minimum Gasteiger partial charge on any atom is -0.330 e. The van der Waals surface area contributed by atoms with Crippen molar-refractivity contribution in [1.29, 1.82) is 0 Å². The molecule has 0 heterocycles. The van der Waals surface area contributed by atoms with Crippen LogP contribution in [0.25, 0.3) is 11.1 Å². The molecule has 5 heteroatoms. The Morgan fingerprint density at radius 2 is 1.70 bits per heavy atom. The fourth-order valence-corrected chi connectivity index (χ4v) is 1.86. The molecule has 0 fully saturated rings. The molecule has 0 aliphatic heterocycles. The fourth-order valence-electron chi connectivity index (χ4n) is 1.81. The molecule has 0 spiro atoms. The van der Waals surface area contributed by atoms with Gasteiger partial charge in [-0.3, -0.25) is 4.79 Å². The van der Waals surface area contributed by atoms with Crippen molar-refractivity contribution in [3.63, 3.8) is 0 Å². The summed E-state index contributed by atoms with van der Waals surface area (Å²) in [7, 11) is 0. The Bertz CT molecular complexity index is 638. The van der Waals surface area contributed by atoms with Gasteiger partial charge >= 0.3 is 5.30 Å². The van der Waals surface area contributed by atoms with Gasteiger partial charge in [0, 0.05) is 0 Å². The Morgan fingerprint density at radius 1 is 1.05 bits per heavy atom. The maximum Gasteiger partial charge on any atom is 0.388 e. The SMILES string of the molecule is Cc1ccc(-c2ccccc2C(=O)NOC(=O)S)cc1. The number of carbonyl (C=O) groups excluding carboxylic acids is 2. The van der Waals surface area contributed by atoms with E-state index < -0.39 is 11.2 Å². The van der Waals surface area contributed by atoms with Crippen LogP contribution in [-0.2, 0) is 4.84 Å². The van der Waals surface area contributed by atoms with Crippen molar-refractivity contribution in [2.75, 3.05) is 0 Å². The number of aryl methyl sites for hydroxylation is 1. The Kier molecular flexibility index (Phi) is 4.42. The minimum atomic E-state index is -0.869. The zero-order valence-corrected chi connectivity index (χ0v) is 11.7. The van der Waals surface area contributed by atoms with Crippen molar-refractivity contribution >= 4 is 23.8 Å². The number of nitrogens with one attached hydrogen (secondary N) is 1. The van der Waals surface area contributed by atoms with Crippen molar-refractivity contribution in [2.45, 2.75) is 6.92 Å². The van der Waals surface area contributed by atoms with E-state index in [-0.39, 0.29) is 0 Å². The number of hydroxylamine groups is 1. The van der Waals surface area contributed by atoms with Gasteiger partial charge in [0.2, 0.25) is 0 Å². The van der Waals surface area contributed by atoms with Gasteiger partial charge in [0.1, 0.15) is 0 Å². The second kappa shape index (κ2) is 6.25. The fraction of sp³-hybridized carbons (Fsp3) is 0.0667. The molecule has 0 bridgehead atoms. The molecule has 1 N–H and O–H groups in total. The van der Waals surface area contributed by atoms with Gasteiger partial charge in [-0.1, -0.05) is 60.7 Å². The highest BCUT2D eigenvalue weighted by Crippen LogP contribution is 2.24. The summed E-state index contributed by atoms with van der Waals surface area (Å²) in [6.07, 6.45) is 0. The molecular weight excluding hydrogens is 274 g/mol. The number of amides is 1. The number of benzene rings is 2.